The fourth-order valence-electron chi connectivity index (χ4n) is 1.52. The van der Waals surface area contributed by atoms with Crippen LogP contribution in [0.2, 0.25) is 0 Å². The third-order valence-corrected chi connectivity index (χ3v) is 2.43. The molecule has 1 aromatic carbocycles. The summed E-state index contributed by atoms with van der Waals surface area (Å²) in [4.78, 5) is 13.5. The van der Waals surface area contributed by atoms with E-state index in [1.54, 1.807) is 24.1 Å². The SMILES string of the molecule is Cc1cccc(N(C)C(=O)c2ccco2)c1. The lowest BCUT2D eigenvalue weighted by atomic mass is 10.2. The second-order valence-corrected chi connectivity index (χ2v) is 3.68. The van der Waals surface area contributed by atoms with Crippen molar-refractivity contribution >= 4 is 11.6 Å². The first kappa shape index (κ1) is 10.5. The predicted molar refractivity (Wildman–Crippen MR) is 62.6 cm³/mol. The summed E-state index contributed by atoms with van der Waals surface area (Å²) in [5.41, 5.74) is 1.98. The van der Waals surface area contributed by atoms with E-state index in [-0.39, 0.29) is 5.91 Å². The van der Waals surface area contributed by atoms with Gasteiger partial charge in [0, 0.05) is 12.7 Å². The van der Waals surface area contributed by atoms with Crippen LogP contribution in [0.4, 0.5) is 5.69 Å². The van der Waals surface area contributed by atoms with Gasteiger partial charge >= 0.3 is 0 Å². The molecule has 0 saturated carbocycles. The van der Waals surface area contributed by atoms with Gasteiger partial charge < -0.3 is 9.32 Å². The van der Waals surface area contributed by atoms with E-state index in [0.717, 1.165) is 11.3 Å². The molecule has 0 saturated heterocycles. The van der Waals surface area contributed by atoms with Crippen LogP contribution in [0.5, 0.6) is 0 Å². The summed E-state index contributed by atoms with van der Waals surface area (Å²) in [5, 5.41) is 0. The summed E-state index contributed by atoms with van der Waals surface area (Å²) in [6, 6.07) is 11.1. The highest BCUT2D eigenvalue weighted by atomic mass is 16.3. The van der Waals surface area contributed by atoms with Gasteiger partial charge in [-0.3, -0.25) is 4.79 Å². The Hall–Kier alpha value is -2.03. The number of amides is 1. The summed E-state index contributed by atoms with van der Waals surface area (Å²) in [6.45, 7) is 1.99. The lowest BCUT2D eigenvalue weighted by molar-refractivity contribution is 0.0966. The van der Waals surface area contributed by atoms with Gasteiger partial charge in [0.15, 0.2) is 5.76 Å². The van der Waals surface area contributed by atoms with Crippen LogP contribution in [0, 0.1) is 6.92 Å². The number of hydrogen-bond acceptors (Lipinski definition) is 2. The van der Waals surface area contributed by atoms with Gasteiger partial charge in [0.25, 0.3) is 5.91 Å². The molecule has 0 aliphatic rings. The minimum absolute atomic E-state index is 0.143. The Morgan fingerprint density at radius 1 is 1.25 bits per heavy atom. The quantitative estimate of drug-likeness (QED) is 0.771. The number of carbonyl (C=O) groups excluding carboxylic acids is 1. The van der Waals surface area contributed by atoms with Crippen molar-refractivity contribution in [1.82, 2.24) is 0 Å². The zero-order valence-corrected chi connectivity index (χ0v) is 9.31. The van der Waals surface area contributed by atoms with Gasteiger partial charge in [0.1, 0.15) is 0 Å². The van der Waals surface area contributed by atoms with E-state index < -0.39 is 0 Å². The second-order valence-electron chi connectivity index (χ2n) is 3.68. The van der Waals surface area contributed by atoms with Crippen LogP contribution >= 0.6 is 0 Å². The fraction of sp³-hybridized carbons (Fsp3) is 0.154. The van der Waals surface area contributed by atoms with Crippen molar-refractivity contribution in [1.29, 1.82) is 0 Å². The molecule has 1 aromatic heterocycles. The van der Waals surface area contributed by atoms with Crippen LogP contribution < -0.4 is 4.90 Å². The molecule has 16 heavy (non-hydrogen) atoms. The van der Waals surface area contributed by atoms with E-state index in [9.17, 15) is 4.79 Å². The smallest absolute Gasteiger partial charge is 0.293 e. The summed E-state index contributed by atoms with van der Waals surface area (Å²) >= 11 is 0. The zero-order chi connectivity index (χ0) is 11.5. The monoisotopic (exact) mass is 215 g/mol. The van der Waals surface area contributed by atoms with Crippen LogP contribution in [-0.4, -0.2) is 13.0 Å². The molecule has 1 heterocycles. The standard InChI is InChI=1S/C13H13NO2/c1-10-5-3-6-11(9-10)14(2)13(15)12-7-4-8-16-12/h3-9H,1-2H3. The highest BCUT2D eigenvalue weighted by Gasteiger charge is 2.15. The fourth-order valence-corrected chi connectivity index (χ4v) is 1.52. The van der Waals surface area contributed by atoms with Gasteiger partial charge in [-0.05, 0) is 36.8 Å². The van der Waals surface area contributed by atoms with E-state index in [1.165, 1.54) is 6.26 Å². The Kier molecular flexibility index (Phi) is 2.77. The normalized spacial score (nSPS) is 10.1. The lowest BCUT2D eigenvalue weighted by Gasteiger charge is -2.16. The van der Waals surface area contributed by atoms with Gasteiger partial charge in [-0.25, -0.2) is 0 Å². The number of furan rings is 1. The minimum Gasteiger partial charge on any atom is -0.459 e. The first-order valence-electron chi connectivity index (χ1n) is 5.07. The van der Waals surface area contributed by atoms with Crippen LogP contribution in [-0.2, 0) is 0 Å². The number of carbonyl (C=O) groups is 1. The van der Waals surface area contributed by atoms with Crippen LogP contribution in [0.1, 0.15) is 16.1 Å². The molecule has 0 atom stereocenters. The highest BCUT2D eigenvalue weighted by molar-refractivity contribution is 6.03. The predicted octanol–water partition coefficient (Wildman–Crippen LogP) is 2.86. The molecule has 0 aliphatic heterocycles. The first-order chi connectivity index (χ1) is 7.68. The van der Waals surface area contributed by atoms with Crippen molar-refractivity contribution in [2.45, 2.75) is 6.92 Å². The number of nitrogens with zero attached hydrogens (tertiary/aromatic N) is 1. The Labute approximate surface area is 94.3 Å². The van der Waals surface area contributed by atoms with Gasteiger partial charge in [-0.15, -0.1) is 0 Å². The Bertz CT molecular complexity index is 488. The maximum Gasteiger partial charge on any atom is 0.293 e. The molecule has 2 rings (SSSR count). The molecular formula is C13H13NO2. The second kappa shape index (κ2) is 4.23. The number of hydrogen-bond donors (Lipinski definition) is 0. The van der Waals surface area contributed by atoms with Crippen molar-refractivity contribution < 1.29 is 9.21 Å². The molecule has 0 radical (unpaired) electrons. The molecule has 82 valence electrons. The largest absolute Gasteiger partial charge is 0.459 e. The molecule has 0 unspecified atom stereocenters. The number of anilines is 1. The summed E-state index contributed by atoms with van der Waals surface area (Å²) in [6.07, 6.45) is 1.50. The van der Waals surface area contributed by atoms with Crippen molar-refractivity contribution in [3.8, 4) is 0 Å². The molecule has 0 N–H and O–H groups in total. The first-order valence-corrected chi connectivity index (χ1v) is 5.07. The maximum atomic E-state index is 11.9. The maximum absolute atomic E-state index is 11.9. The van der Waals surface area contributed by atoms with E-state index in [0.29, 0.717) is 5.76 Å². The number of aryl methyl sites for hydroxylation is 1. The molecule has 0 bridgehead atoms. The van der Waals surface area contributed by atoms with Gasteiger partial charge in [-0.1, -0.05) is 12.1 Å². The Morgan fingerprint density at radius 2 is 2.06 bits per heavy atom. The summed E-state index contributed by atoms with van der Waals surface area (Å²) in [7, 11) is 1.74. The molecule has 3 nitrogen and oxygen atoms in total. The average Bonchev–Trinajstić information content (AvgIpc) is 2.80. The molecule has 0 spiro atoms. The van der Waals surface area contributed by atoms with Crippen molar-refractivity contribution in [2.75, 3.05) is 11.9 Å². The van der Waals surface area contributed by atoms with E-state index in [4.69, 9.17) is 4.42 Å². The molecule has 0 fully saturated rings. The molecule has 0 aliphatic carbocycles. The third kappa shape index (κ3) is 1.98. The van der Waals surface area contributed by atoms with Crippen molar-refractivity contribution in [3.05, 3.63) is 54.0 Å². The Balaban J connectivity index is 2.26. The van der Waals surface area contributed by atoms with Crippen LogP contribution in [0.15, 0.2) is 47.1 Å². The zero-order valence-electron chi connectivity index (χ0n) is 9.31. The minimum atomic E-state index is -0.143. The van der Waals surface area contributed by atoms with Gasteiger partial charge in [0.05, 0.1) is 6.26 Å². The third-order valence-electron chi connectivity index (χ3n) is 2.43. The molecule has 3 heteroatoms. The Morgan fingerprint density at radius 3 is 2.69 bits per heavy atom. The average molecular weight is 215 g/mol. The van der Waals surface area contributed by atoms with E-state index in [1.807, 2.05) is 31.2 Å². The molecule has 2 aromatic rings. The molecular weight excluding hydrogens is 202 g/mol. The summed E-state index contributed by atoms with van der Waals surface area (Å²) < 4.78 is 5.08. The number of rotatable bonds is 2. The summed E-state index contributed by atoms with van der Waals surface area (Å²) in [5.74, 6) is 0.208. The van der Waals surface area contributed by atoms with Crippen molar-refractivity contribution in [2.24, 2.45) is 0 Å². The van der Waals surface area contributed by atoms with E-state index >= 15 is 0 Å². The van der Waals surface area contributed by atoms with Crippen LogP contribution in [0.25, 0.3) is 0 Å². The topological polar surface area (TPSA) is 33.5 Å². The van der Waals surface area contributed by atoms with Gasteiger partial charge in [0.2, 0.25) is 0 Å². The number of benzene rings is 1. The lowest BCUT2D eigenvalue weighted by Crippen LogP contribution is -2.25. The van der Waals surface area contributed by atoms with Crippen LogP contribution in [0.3, 0.4) is 0 Å². The molecule has 1 amide bonds. The van der Waals surface area contributed by atoms with E-state index in [2.05, 4.69) is 0 Å². The van der Waals surface area contributed by atoms with Gasteiger partial charge in [-0.2, -0.15) is 0 Å². The van der Waals surface area contributed by atoms with Crippen molar-refractivity contribution in [3.63, 3.8) is 0 Å². The highest BCUT2D eigenvalue weighted by Crippen LogP contribution is 2.16.